The highest BCUT2D eigenvalue weighted by molar-refractivity contribution is 5.94. The Bertz CT molecular complexity index is 844. The van der Waals surface area contributed by atoms with Crippen molar-refractivity contribution in [3.8, 4) is 5.75 Å². The van der Waals surface area contributed by atoms with E-state index in [-0.39, 0.29) is 18.4 Å². The van der Waals surface area contributed by atoms with Crippen LogP contribution in [0.25, 0.3) is 0 Å². The van der Waals surface area contributed by atoms with Gasteiger partial charge in [-0.3, -0.25) is 9.59 Å². The van der Waals surface area contributed by atoms with E-state index >= 15 is 0 Å². The minimum atomic E-state index is -0.186. The molecule has 7 heteroatoms. The Morgan fingerprint density at radius 1 is 1.07 bits per heavy atom. The Labute approximate surface area is 178 Å². The van der Waals surface area contributed by atoms with Crippen LogP contribution < -0.4 is 19.9 Å². The summed E-state index contributed by atoms with van der Waals surface area (Å²) in [5.74, 6) is 0.652. The monoisotopic (exact) mass is 411 g/mol. The standard InChI is InChI=1S/C23H30N4O3/c1-18-4-6-19(7-5-18)24-22(28)16-25(2)23(29)17-26-12-14-27(15-13-26)20-8-10-21(30-3)11-9-20/h4-11H,12-17H2,1-3H3,(H,24,28)/p+1. The summed E-state index contributed by atoms with van der Waals surface area (Å²) in [6, 6.07) is 15.7. The molecule has 0 aliphatic carbocycles. The second kappa shape index (κ2) is 10.1. The first-order valence-electron chi connectivity index (χ1n) is 10.3. The van der Waals surface area contributed by atoms with E-state index in [0.29, 0.717) is 6.54 Å². The van der Waals surface area contributed by atoms with Crippen LogP contribution in [0.4, 0.5) is 11.4 Å². The molecule has 7 nitrogen and oxygen atoms in total. The summed E-state index contributed by atoms with van der Waals surface area (Å²) < 4.78 is 5.21. The van der Waals surface area contributed by atoms with E-state index in [0.717, 1.165) is 43.2 Å². The fourth-order valence-corrected chi connectivity index (χ4v) is 3.54. The summed E-state index contributed by atoms with van der Waals surface area (Å²) in [4.78, 5) is 29.9. The lowest BCUT2D eigenvalue weighted by molar-refractivity contribution is -0.892. The summed E-state index contributed by atoms with van der Waals surface area (Å²) >= 11 is 0. The summed E-state index contributed by atoms with van der Waals surface area (Å²) in [7, 11) is 3.35. The van der Waals surface area contributed by atoms with E-state index in [1.54, 1.807) is 14.2 Å². The molecule has 0 radical (unpaired) electrons. The zero-order valence-corrected chi connectivity index (χ0v) is 18.0. The Morgan fingerprint density at radius 2 is 1.70 bits per heavy atom. The minimum Gasteiger partial charge on any atom is -0.497 e. The van der Waals surface area contributed by atoms with Crippen molar-refractivity contribution in [2.45, 2.75) is 6.92 Å². The molecule has 2 N–H and O–H groups in total. The molecule has 1 fully saturated rings. The van der Waals surface area contributed by atoms with Crippen LogP contribution in [0.2, 0.25) is 0 Å². The molecule has 0 atom stereocenters. The number of amides is 2. The number of benzene rings is 2. The van der Waals surface area contributed by atoms with E-state index in [1.165, 1.54) is 15.5 Å². The van der Waals surface area contributed by atoms with Crippen molar-refractivity contribution in [3.63, 3.8) is 0 Å². The lowest BCUT2D eigenvalue weighted by Crippen LogP contribution is -3.15. The maximum Gasteiger partial charge on any atom is 0.277 e. The molecular formula is C23H31N4O3+. The molecule has 0 aromatic heterocycles. The molecule has 2 aromatic carbocycles. The number of hydrogen-bond donors (Lipinski definition) is 2. The smallest absolute Gasteiger partial charge is 0.277 e. The lowest BCUT2D eigenvalue weighted by Gasteiger charge is -2.34. The number of hydrogen-bond acceptors (Lipinski definition) is 4. The lowest BCUT2D eigenvalue weighted by atomic mass is 10.2. The number of rotatable bonds is 7. The highest BCUT2D eigenvalue weighted by Crippen LogP contribution is 2.18. The van der Waals surface area contributed by atoms with Gasteiger partial charge in [-0.25, -0.2) is 0 Å². The van der Waals surface area contributed by atoms with Crippen LogP contribution >= 0.6 is 0 Å². The van der Waals surface area contributed by atoms with Gasteiger partial charge in [-0.2, -0.15) is 0 Å². The third kappa shape index (κ3) is 5.97. The van der Waals surface area contributed by atoms with Crippen LogP contribution in [0, 0.1) is 6.92 Å². The van der Waals surface area contributed by atoms with Gasteiger partial charge in [-0.05, 0) is 43.3 Å². The minimum absolute atomic E-state index is 0.0121. The van der Waals surface area contributed by atoms with E-state index in [1.807, 2.05) is 43.3 Å². The number of carbonyl (C=O) groups excluding carboxylic acids is 2. The molecule has 1 heterocycles. The van der Waals surface area contributed by atoms with Crippen LogP contribution in [0.3, 0.4) is 0 Å². The van der Waals surface area contributed by atoms with Crippen LogP contribution in [0.15, 0.2) is 48.5 Å². The van der Waals surface area contributed by atoms with Gasteiger partial charge in [0.1, 0.15) is 5.75 Å². The van der Waals surface area contributed by atoms with Gasteiger partial charge < -0.3 is 24.8 Å². The van der Waals surface area contributed by atoms with Crippen molar-refractivity contribution in [1.29, 1.82) is 0 Å². The zero-order valence-electron chi connectivity index (χ0n) is 18.0. The first-order chi connectivity index (χ1) is 14.4. The Balaban J connectivity index is 1.42. The maximum atomic E-state index is 12.6. The Morgan fingerprint density at radius 3 is 2.30 bits per heavy atom. The van der Waals surface area contributed by atoms with Gasteiger partial charge in [-0.1, -0.05) is 17.7 Å². The number of carbonyl (C=O) groups is 2. The third-order valence-corrected chi connectivity index (χ3v) is 5.45. The summed E-state index contributed by atoms with van der Waals surface area (Å²) in [5.41, 5.74) is 3.05. The second-order valence-corrected chi connectivity index (χ2v) is 7.78. The molecular weight excluding hydrogens is 380 g/mol. The Kier molecular flexibility index (Phi) is 7.30. The van der Waals surface area contributed by atoms with Gasteiger partial charge in [0.05, 0.1) is 39.8 Å². The molecule has 0 unspecified atom stereocenters. The van der Waals surface area contributed by atoms with Crippen LogP contribution in [0.5, 0.6) is 5.75 Å². The zero-order chi connectivity index (χ0) is 21.5. The number of nitrogens with zero attached hydrogens (tertiary/aromatic N) is 2. The summed E-state index contributed by atoms with van der Waals surface area (Å²) in [6.45, 7) is 6.03. The first-order valence-corrected chi connectivity index (χ1v) is 10.3. The van der Waals surface area contributed by atoms with Crippen LogP contribution in [-0.4, -0.2) is 70.1 Å². The average molecular weight is 412 g/mol. The largest absolute Gasteiger partial charge is 0.497 e. The highest BCUT2D eigenvalue weighted by Gasteiger charge is 2.24. The van der Waals surface area contributed by atoms with Crippen molar-refractivity contribution in [2.75, 3.05) is 63.6 Å². The van der Waals surface area contributed by atoms with E-state index in [9.17, 15) is 9.59 Å². The molecule has 2 aromatic rings. The van der Waals surface area contributed by atoms with Crippen LogP contribution in [0.1, 0.15) is 5.56 Å². The predicted octanol–water partition coefficient (Wildman–Crippen LogP) is 0.806. The van der Waals surface area contributed by atoms with Gasteiger partial charge in [0.15, 0.2) is 6.54 Å². The van der Waals surface area contributed by atoms with Gasteiger partial charge in [0.25, 0.3) is 5.91 Å². The number of quaternary nitrogens is 1. The average Bonchev–Trinajstić information content (AvgIpc) is 2.76. The molecule has 3 rings (SSSR count). The Hall–Kier alpha value is -3.06. The SMILES string of the molecule is COc1ccc(N2CC[NH+](CC(=O)N(C)CC(=O)Nc3ccc(C)cc3)CC2)cc1. The second-order valence-electron chi connectivity index (χ2n) is 7.78. The molecule has 2 amide bonds. The third-order valence-electron chi connectivity index (χ3n) is 5.45. The molecule has 1 aliphatic rings. The van der Waals surface area contributed by atoms with Crippen molar-refractivity contribution >= 4 is 23.2 Å². The van der Waals surface area contributed by atoms with Crippen molar-refractivity contribution in [3.05, 3.63) is 54.1 Å². The summed E-state index contributed by atoms with van der Waals surface area (Å²) in [6.07, 6.45) is 0. The molecule has 1 saturated heterocycles. The number of ether oxygens (including phenoxy) is 1. The molecule has 1 aliphatic heterocycles. The number of piperazine rings is 1. The first kappa shape index (κ1) is 21.6. The predicted molar refractivity (Wildman–Crippen MR) is 118 cm³/mol. The van der Waals surface area contributed by atoms with Crippen molar-refractivity contribution in [2.24, 2.45) is 0 Å². The molecule has 160 valence electrons. The molecule has 0 bridgehead atoms. The van der Waals surface area contributed by atoms with Crippen LogP contribution in [-0.2, 0) is 9.59 Å². The topological polar surface area (TPSA) is 66.3 Å². The van der Waals surface area contributed by atoms with Gasteiger partial charge in [0, 0.05) is 18.4 Å². The van der Waals surface area contributed by atoms with Gasteiger partial charge in [-0.15, -0.1) is 0 Å². The van der Waals surface area contributed by atoms with Crippen molar-refractivity contribution < 1.29 is 19.2 Å². The quantitative estimate of drug-likeness (QED) is 0.708. The number of anilines is 2. The maximum absolute atomic E-state index is 12.6. The fourth-order valence-electron chi connectivity index (χ4n) is 3.54. The van der Waals surface area contributed by atoms with Gasteiger partial charge in [0.2, 0.25) is 5.91 Å². The van der Waals surface area contributed by atoms with E-state index in [4.69, 9.17) is 4.74 Å². The number of aryl methyl sites for hydroxylation is 1. The summed E-state index contributed by atoms with van der Waals surface area (Å²) in [5, 5.41) is 2.84. The van der Waals surface area contributed by atoms with E-state index in [2.05, 4.69) is 22.3 Å². The van der Waals surface area contributed by atoms with E-state index < -0.39 is 0 Å². The molecule has 0 spiro atoms. The van der Waals surface area contributed by atoms with Crippen molar-refractivity contribution in [1.82, 2.24) is 4.90 Å². The number of methoxy groups -OCH3 is 1. The number of likely N-dealkylation sites (N-methyl/N-ethyl adjacent to an activating group) is 1. The normalized spacial score (nSPS) is 14.3. The number of nitrogens with one attached hydrogen (secondary N) is 2. The fraction of sp³-hybridized carbons (Fsp3) is 0.391. The highest BCUT2D eigenvalue weighted by atomic mass is 16.5. The molecule has 0 saturated carbocycles. The van der Waals surface area contributed by atoms with Gasteiger partial charge >= 0.3 is 0 Å². The molecule has 30 heavy (non-hydrogen) atoms.